The lowest BCUT2D eigenvalue weighted by Crippen LogP contribution is -1.79. The lowest BCUT2D eigenvalue weighted by Gasteiger charge is -2.01. The van der Waals surface area contributed by atoms with Gasteiger partial charge in [0.05, 0.1) is 22.3 Å². The van der Waals surface area contributed by atoms with Gasteiger partial charge in [-0.1, -0.05) is 17.7 Å². The highest BCUT2D eigenvalue weighted by Gasteiger charge is 2.11. The second kappa shape index (κ2) is 3.14. The summed E-state index contributed by atoms with van der Waals surface area (Å²) in [5.74, 6) is 0.674. The van der Waals surface area contributed by atoms with Crippen molar-refractivity contribution in [2.45, 2.75) is 0 Å². The van der Waals surface area contributed by atoms with Crippen LogP contribution in [-0.4, -0.2) is 9.97 Å². The minimum absolute atomic E-state index is 0.654. The highest BCUT2D eigenvalue weighted by atomic mass is 35.5. The van der Waals surface area contributed by atoms with Gasteiger partial charge in [-0.15, -0.1) is 0 Å². The Labute approximate surface area is 90.7 Å². The molecule has 15 heavy (non-hydrogen) atoms. The summed E-state index contributed by atoms with van der Waals surface area (Å²) >= 11 is 6.14. The van der Waals surface area contributed by atoms with Crippen molar-refractivity contribution in [1.82, 2.24) is 9.97 Å². The predicted octanol–water partition coefficient (Wildman–Crippen LogP) is 3.48. The van der Waals surface area contributed by atoms with Crippen molar-refractivity contribution in [2.75, 3.05) is 0 Å². The third kappa shape index (κ3) is 1.24. The van der Waals surface area contributed by atoms with Crippen molar-refractivity contribution in [3.05, 3.63) is 42.0 Å². The molecule has 0 saturated heterocycles. The molecule has 74 valence electrons. The molecule has 3 nitrogen and oxygen atoms in total. The number of halogens is 1. The van der Waals surface area contributed by atoms with Crippen molar-refractivity contribution in [2.24, 2.45) is 0 Å². The Morgan fingerprint density at radius 1 is 1.27 bits per heavy atom. The third-order valence-electron chi connectivity index (χ3n) is 2.36. The van der Waals surface area contributed by atoms with E-state index in [0.717, 1.165) is 16.5 Å². The van der Waals surface area contributed by atoms with Gasteiger partial charge in [0.25, 0.3) is 0 Å². The monoisotopic (exact) mass is 218 g/mol. The molecule has 1 N–H and O–H groups in total. The molecule has 0 unspecified atom stereocenters. The number of H-pyrrole nitrogens is 1. The standard InChI is InChI=1S/C11H7ClN2O/c12-8-2-1-7-3-4-14-11(7)10(8)9-5-13-6-15-9/h1-6,14H. The molecule has 2 aromatic heterocycles. The molecule has 0 bridgehead atoms. The Kier molecular flexibility index (Phi) is 1.79. The van der Waals surface area contributed by atoms with E-state index >= 15 is 0 Å². The zero-order valence-electron chi connectivity index (χ0n) is 7.70. The maximum atomic E-state index is 6.14. The lowest BCUT2D eigenvalue weighted by molar-refractivity contribution is 0.572. The number of aromatic nitrogens is 2. The number of hydrogen-bond donors (Lipinski definition) is 1. The third-order valence-corrected chi connectivity index (χ3v) is 2.67. The normalized spacial score (nSPS) is 11.0. The van der Waals surface area contributed by atoms with E-state index in [1.54, 1.807) is 6.20 Å². The number of oxazole rings is 1. The van der Waals surface area contributed by atoms with Crippen molar-refractivity contribution in [3.63, 3.8) is 0 Å². The van der Waals surface area contributed by atoms with Gasteiger partial charge in [-0.05, 0) is 12.1 Å². The summed E-state index contributed by atoms with van der Waals surface area (Å²) in [4.78, 5) is 7.04. The molecule has 0 atom stereocenters. The fraction of sp³-hybridized carbons (Fsp3) is 0. The van der Waals surface area contributed by atoms with Gasteiger partial charge in [0, 0.05) is 11.6 Å². The number of nitrogens with zero attached hydrogens (tertiary/aromatic N) is 1. The Hall–Kier alpha value is -1.74. The molecule has 0 spiro atoms. The molecule has 0 amide bonds. The second-order valence-electron chi connectivity index (χ2n) is 3.23. The van der Waals surface area contributed by atoms with Gasteiger partial charge in [-0.25, -0.2) is 4.98 Å². The van der Waals surface area contributed by atoms with Gasteiger partial charge in [0.2, 0.25) is 0 Å². The van der Waals surface area contributed by atoms with Crippen LogP contribution in [0.2, 0.25) is 5.02 Å². The average Bonchev–Trinajstić information content (AvgIpc) is 2.85. The van der Waals surface area contributed by atoms with E-state index in [9.17, 15) is 0 Å². The number of rotatable bonds is 1. The number of benzene rings is 1. The van der Waals surface area contributed by atoms with Crippen LogP contribution in [0.15, 0.2) is 41.4 Å². The Morgan fingerprint density at radius 3 is 3.00 bits per heavy atom. The Bertz CT molecular complexity index is 598. The van der Waals surface area contributed by atoms with E-state index in [1.807, 2.05) is 24.4 Å². The maximum absolute atomic E-state index is 6.14. The van der Waals surface area contributed by atoms with Crippen LogP contribution in [0.1, 0.15) is 0 Å². The zero-order valence-corrected chi connectivity index (χ0v) is 8.45. The van der Waals surface area contributed by atoms with Gasteiger partial charge < -0.3 is 9.40 Å². The summed E-state index contributed by atoms with van der Waals surface area (Å²) in [6.07, 6.45) is 4.93. The summed E-state index contributed by atoms with van der Waals surface area (Å²) in [6.45, 7) is 0. The largest absolute Gasteiger partial charge is 0.443 e. The molecular formula is C11H7ClN2O. The number of hydrogen-bond acceptors (Lipinski definition) is 2. The second-order valence-corrected chi connectivity index (χ2v) is 3.64. The van der Waals surface area contributed by atoms with Gasteiger partial charge in [-0.3, -0.25) is 0 Å². The van der Waals surface area contributed by atoms with Crippen LogP contribution in [0, 0.1) is 0 Å². The highest BCUT2D eigenvalue weighted by Crippen LogP contribution is 2.33. The predicted molar refractivity (Wildman–Crippen MR) is 58.8 cm³/mol. The molecule has 0 aliphatic rings. The molecule has 0 aliphatic heterocycles. The minimum Gasteiger partial charge on any atom is -0.443 e. The fourth-order valence-electron chi connectivity index (χ4n) is 1.68. The molecular weight excluding hydrogens is 212 g/mol. The Morgan fingerprint density at radius 2 is 2.20 bits per heavy atom. The van der Waals surface area contributed by atoms with E-state index in [0.29, 0.717) is 10.8 Å². The van der Waals surface area contributed by atoms with Crippen LogP contribution in [0.4, 0.5) is 0 Å². The molecule has 0 radical (unpaired) electrons. The maximum Gasteiger partial charge on any atom is 0.181 e. The Balaban J connectivity index is 2.41. The van der Waals surface area contributed by atoms with E-state index < -0.39 is 0 Å². The first-order valence-corrected chi connectivity index (χ1v) is 4.88. The van der Waals surface area contributed by atoms with Crippen LogP contribution in [0.25, 0.3) is 22.2 Å². The van der Waals surface area contributed by atoms with Crippen LogP contribution < -0.4 is 0 Å². The van der Waals surface area contributed by atoms with Gasteiger partial charge in [0.15, 0.2) is 12.2 Å². The van der Waals surface area contributed by atoms with E-state index in [1.165, 1.54) is 6.39 Å². The first kappa shape index (κ1) is 8.56. The molecule has 0 aliphatic carbocycles. The summed E-state index contributed by atoms with van der Waals surface area (Å²) in [6, 6.07) is 5.81. The molecule has 1 aromatic carbocycles. The number of nitrogens with one attached hydrogen (secondary N) is 1. The van der Waals surface area contributed by atoms with Crippen molar-refractivity contribution < 1.29 is 4.42 Å². The minimum atomic E-state index is 0.654. The number of fused-ring (bicyclic) bond motifs is 1. The smallest absolute Gasteiger partial charge is 0.181 e. The lowest BCUT2D eigenvalue weighted by atomic mass is 10.1. The van der Waals surface area contributed by atoms with E-state index in [4.69, 9.17) is 16.0 Å². The first-order valence-electron chi connectivity index (χ1n) is 4.51. The van der Waals surface area contributed by atoms with Crippen LogP contribution in [-0.2, 0) is 0 Å². The SMILES string of the molecule is Clc1ccc2cc[nH]c2c1-c1cnco1. The quantitative estimate of drug-likeness (QED) is 0.680. The van der Waals surface area contributed by atoms with Crippen LogP contribution >= 0.6 is 11.6 Å². The van der Waals surface area contributed by atoms with Crippen molar-refractivity contribution >= 4 is 22.5 Å². The topological polar surface area (TPSA) is 41.8 Å². The summed E-state index contributed by atoms with van der Waals surface area (Å²) in [5.41, 5.74) is 1.83. The highest BCUT2D eigenvalue weighted by molar-refractivity contribution is 6.34. The van der Waals surface area contributed by atoms with Gasteiger partial charge in [0.1, 0.15) is 0 Å². The van der Waals surface area contributed by atoms with Crippen LogP contribution in [0.3, 0.4) is 0 Å². The zero-order chi connectivity index (χ0) is 10.3. The average molecular weight is 219 g/mol. The van der Waals surface area contributed by atoms with E-state index in [2.05, 4.69) is 9.97 Å². The van der Waals surface area contributed by atoms with Gasteiger partial charge >= 0.3 is 0 Å². The molecule has 3 rings (SSSR count). The number of aromatic amines is 1. The first-order chi connectivity index (χ1) is 7.36. The van der Waals surface area contributed by atoms with E-state index in [-0.39, 0.29) is 0 Å². The summed E-state index contributed by atoms with van der Waals surface area (Å²) < 4.78 is 5.26. The molecule has 2 heterocycles. The molecule has 3 aromatic rings. The van der Waals surface area contributed by atoms with Crippen LogP contribution in [0.5, 0.6) is 0 Å². The summed E-state index contributed by atoms with van der Waals surface area (Å²) in [5, 5.41) is 1.76. The summed E-state index contributed by atoms with van der Waals surface area (Å²) in [7, 11) is 0. The molecule has 0 saturated carbocycles. The molecule has 4 heteroatoms. The van der Waals surface area contributed by atoms with Crippen molar-refractivity contribution in [3.8, 4) is 11.3 Å². The molecule has 0 fully saturated rings. The fourth-order valence-corrected chi connectivity index (χ4v) is 1.93. The van der Waals surface area contributed by atoms with Crippen molar-refractivity contribution in [1.29, 1.82) is 0 Å². The van der Waals surface area contributed by atoms with Gasteiger partial charge in [-0.2, -0.15) is 0 Å².